The van der Waals surface area contributed by atoms with Gasteiger partial charge < -0.3 is 14.9 Å². The van der Waals surface area contributed by atoms with Crippen molar-refractivity contribution in [2.75, 3.05) is 32.9 Å². The van der Waals surface area contributed by atoms with Gasteiger partial charge in [-0.05, 0) is 32.6 Å². The summed E-state index contributed by atoms with van der Waals surface area (Å²) in [7, 11) is 3.97. The summed E-state index contributed by atoms with van der Waals surface area (Å²) in [5.74, 6) is 0.496. The van der Waals surface area contributed by atoms with E-state index in [-0.39, 0.29) is 11.9 Å². The first-order chi connectivity index (χ1) is 9.56. The number of nitrogens with zero attached hydrogens (tertiary/aromatic N) is 3. The van der Waals surface area contributed by atoms with Crippen molar-refractivity contribution in [1.29, 1.82) is 0 Å². The zero-order valence-corrected chi connectivity index (χ0v) is 12.7. The Labute approximate surface area is 124 Å². The van der Waals surface area contributed by atoms with E-state index in [2.05, 4.69) is 9.88 Å². The summed E-state index contributed by atoms with van der Waals surface area (Å²) in [5.41, 5.74) is 0. The minimum Gasteiger partial charge on any atom is -0.391 e. The van der Waals surface area contributed by atoms with Gasteiger partial charge >= 0.3 is 0 Å². The monoisotopic (exact) mass is 295 g/mol. The minimum absolute atomic E-state index is 0.0928. The highest BCUT2D eigenvalue weighted by atomic mass is 32.2. The van der Waals surface area contributed by atoms with Crippen LogP contribution in [-0.4, -0.2) is 70.9 Å². The number of aliphatic hydroxyl groups excluding tert-OH is 1. The summed E-state index contributed by atoms with van der Waals surface area (Å²) in [5, 5.41) is 9.79. The van der Waals surface area contributed by atoms with Crippen molar-refractivity contribution < 1.29 is 9.90 Å². The molecular weight excluding hydrogens is 274 g/mol. The first-order valence-electron chi connectivity index (χ1n) is 6.71. The Kier molecular flexibility index (Phi) is 5.39. The van der Waals surface area contributed by atoms with Crippen molar-refractivity contribution in [1.82, 2.24) is 14.8 Å². The van der Waals surface area contributed by atoms with E-state index in [4.69, 9.17) is 0 Å². The van der Waals surface area contributed by atoms with Gasteiger partial charge in [0, 0.05) is 36.4 Å². The second-order valence-corrected chi connectivity index (χ2v) is 6.37. The van der Waals surface area contributed by atoms with Crippen LogP contribution in [0.15, 0.2) is 29.4 Å². The molecule has 1 aromatic heterocycles. The number of amides is 1. The Balaban J connectivity index is 1.90. The molecular formula is C14H21N3O2S. The molecule has 0 aromatic carbocycles. The summed E-state index contributed by atoms with van der Waals surface area (Å²) in [6, 6.07) is 3.91. The standard InChI is InChI=1S/C14H21N3O2S/c1-16(2)8-11-7-12(18)9-17(11)14(19)10-20-13-3-5-15-6-4-13/h3-6,11-12,18H,7-10H2,1-2H3. The number of hydrogen-bond donors (Lipinski definition) is 1. The van der Waals surface area contributed by atoms with E-state index in [9.17, 15) is 9.90 Å². The van der Waals surface area contributed by atoms with Crippen LogP contribution in [0, 0.1) is 0 Å². The van der Waals surface area contributed by atoms with Crippen molar-refractivity contribution in [3.63, 3.8) is 0 Å². The lowest BCUT2D eigenvalue weighted by molar-refractivity contribution is -0.129. The van der Waals surface area contributed by atoms with Gasteiger partial charge in [-0.1, -0.05) is 0 Å². The molecule has 1 aliphatic heterocycles. The molecule has 20 heavy (non-hydrogen) atoms. The predicted octanol–water partition coefficient (Wildman–Crippen LogP) is 0.697. The Morgan fingerprint density at radius 3 is 2.85 bits per heavy atom. The zero-order valence-electron chi connectivity index (χ0n) is 11.9. The third kappa shape index (κ3) is 4.19. The number of β-amino-alcohol motifs (C(OH)–C–C–N with tert-alkyl or cyclic N) is 1. The first kappa shape index (κ1) is 15.3. The number of pyridine rings is 1. The highest BCUT2D eigenvalue weighted by molar-refractivity contribution is 8.00. The minimum atomic E-state index is -0.394. The van der Waals surface area contributed by atoms with Crippen molar-refractivity contribution in [3.8, 4) is 0 Å². The molecule has 2 atom stereocenters. The van der Waals surface area contributed by atoms with E-state index in [0.717, 1.165) is 11.4 Å². The van der Waals surface area contributed by atoms with E-state index >= 15 is 0 Å². The second kappa shape index (κ2) is 7.06. The molecule has 1 saturated heterocycles. The molecule has 2 rings (SSSR count). The van der Waals surface area contributed by atoms with Crippen molar-refractivity contribution >= 4 is 17.7 Å². The molecule has 110 valence electrons. The maximum absolute atomic E-state index is 12.3. The van der Waals surface area contributed by atoms with Crippen molar-refractivity contribution in [3.05, 3.63) is 24.5 Å². The maximum Gasteiger partial charge on any atom is 0.233 e. The second-order valence-electron chi connectivity index (χ2n) is 5.32. The van der Waals surface area contributed by atoms with Gasteiger partial charge in [0.25, 0.3) is 0 Å². The fourth-order valence-electron chi connectivity index (χ4n) is 2.45. The molecule has 0 bridgehead atoms. The Hall–Kier alpha value is -1.11. The third-order valence-corrected chi connectivity index (χ3v) is 4.30. The zero-order chi connectivity index (χ0) is 14.5. The van der Waals surface area contributed by atoms with Gasteiger partial charge in [0.05, 0.1) is 11.9 Å². The molecule has 5 nitrogen and oxygen atoms in total. The van der Waals surface area contributed by atoms with Crippen LogP contribution in [0.25, 0.3) is 0 Å². The summed E-state index contributed by atoms with van der Waals surface area (Å²) in [6.07, 6.45) is 3.72. The van der Waals surface area contributed by atoms with Crippen LogP contribution in [0.4, 0.5) is 0 Å². The van der Waals surface area contributed by atoms with Crippen LogP contribution in [0.5, 0.6) is 0 Å². The largest absolute Gasteiger partial charge is 0.391 e. The molecule has 1 aromatic rings. The number of likely N-dealkylation sites (tertiary alicyclic amines) is 1. The quantitative estimate of drug-likeness (QED) is 0.810. The number of carbonyl (C=O) groups excluding carboxylic acids is 1. The van der Waals surface area contributed by atoms with Gasteiger partial charge in [0.2, 0.25) is 5.91 Å². The SMILES string of the molecule is CN(C)CC1CC(O)CN1C(=O)CSc1ccncc1. The molecule has 0 radical (unpaired) electrons. The topological polar surface area (TPSA) is 56.7 Å². The molecule has 1 N–H and O–H groups in total. The van der Waals surface area contributed by atoms with Gasteiger partial charge in [-0.3, -0.25) is 9.78 Å². The van der Waals surface area contributed by atoms with Gasteiger partial charge in [-0.2, -0.15) is 0 Å². The molecule has 0 spiro atoms. The summed E-state index contributed by atoms with van der Waals surface area (Å²) in [6.45, 7) is 1.25. The number of hydrogen-bond acceptors (Lipinski definition) is 5. The van der Waals surface area contributed by atoms with E-state index in [1.165, 1.54) is 11.8 Å². The maximum atomic E-state index is 12.3. The Bertz CT molecular complexity index is 441. The highest BCUT2D eigenvalue weighted by Gasteiger charge is 2.34. The number of carbonyl (C=O) groups is 1. The van der Waals surface area contributed by atoms with Crippen LogP contribution in [0.1, 0.15) is 6.42 Å². The average molecular weight is 295 g/mol. The molecule has 0 saturated carbocycles. The summed E-state index contributed by atoms with van der Waals surface area (Å²) < 4.78 is 0. The summed E-state index contributed by atoms with van der Waals surface area (Å²) >= 11 is 1.51. The average Bonchev–Trinajstić information content (AvgIpc) is 2.77. The van der Waals surface area contributed by atoms with Crippen LogP contribution in [0.2, 0.25) is 0 Å². The highest BCUT2D eigenvalue weighted by Crippen LogP contribution is 2.22. The number of aromatic nitrogens is 1. The summed E-state index contributed by atoms with van der Waals surface area (Å²) in [4.78, 5) is 21.2. The van der Waals surface area contributed by atoms with Crippen LogP contribution >= 0.6 is 11.8 Å². The van der Waals surface area contributed by atoms with Crippen molar-refractivity contribution in [2.24, 2.45) is 0 Å². The molecule has 6 heteroatoms. The normalized spacial score (nSPS) is 22.5. The van der Waals surface area contributed by atoms with Gasteiger partial charge in [0.15, 0.2) is 0 Å². The molecule has 1 amide bonds. The molecule has 1 fully saturated rings. The van der Waals surface area contributed by atoms with Crippen molar-refractivity contribution in [2.45, 2.75) is 23.5 Å². The Morgan fingerprint density at radius 2 is 2.20 bits per heavy atom. The van der Waals surface area contributed by atoms with Gasteiger partial charge in [-0.25, -0.2) is 0 Å². The van der Waals surface area contributed by atoms with E-state index in [1.807, 2.05) is 31.1 Å². The van der Waals surface area contributed by atoms with E-state index < -0.39 is 6.10 Å². The third-order valence-electron chi connectivity index (χ3n) is 3.30. The lowest BCUT2D eigenvalue weighted by Crippen LogP contribution is -2.42. The van der Waals surface area contributed by atoms with Gasteiger partial charge in [0.1, 0.15) is 0 Å². The number of likely N-dealkylation sites (N-methyl/N-ethyl adjacent to an activating group) is 1. The first-order valence-corrected chi connectivity index (χ1v) is 7.70. The molecule has 0 aliphatic carbocycles. The fraction of sp³-hybridized carbons (Fsp3) is 0.571. The van der Waals surface area contributed by atoms with Crippen LogP contribution in [0.3, 0.4) is 0 Å². The van der Waals surface area contributed by atoms with E-state index in [0.29, 0.717) is 18.7 Å². The molecule has 2 heterocycles. The lowest BCUT2D eigenvalue weighted by atomic mass is 10.2. The molecule has 1 aliphatic rings. The number of aliphatic hydroxyl groups is 1. The smallest absolute Gasteiger partial charge is 0.233 e. The van der Waals surface area contributed by atoms with Gasteiger partial charge in [-0.15, -0.1) is 11.8 Å². The van der Waals surface area contributed by atoms with E-state index in [1.54, 1.807) is 12.4 Å². The molecule has 2 unspecified atom stereocenters. The van der Waals surface area contributed by atoms with Crippen LogP contribution < -0.4 is 0 Å². The lowest BCUT2D eigenvalue weighted by Gasteiger charge is -2.26. The number of thioether (sulfide) groups is 1. The number of rotatable bonds is 5. The predicted molar refractivity (Wildman–Crippen MR) is 79.6 cm³/mol. The Morgan fingerprint density at radius 1 is 1.50 bits per heavy atom. The fourth-order valence-corrected chi connectivity index (χ4v) is 3.22. The van der Waals surface area contributed by atoms with Crippen LogP contribution in [-0.2, 0) is 4.79 Å².